The lowest BCUT2D eigenvalue weighted by Crippen LogP contribution is -2.37. The van der Waals surface area contributed by atoms with Crippen molar-refractivity contribution in [2.45, 2.75) is 24.8 Å². The minimum atomic E-state index is -4.45. The fourth-order valence-corrected chi connectivity index (χ4v) is 4.46. The molecule has 0 radical (unpaired) electrons. The number of carbonyl (C=O) groups excluding carboxylic acids is 1. The van der Waals surface area contributed by atoms with E-state index in [9.17, 15) is 23.3 Å². The van der Waals surface area contributed by atoms with Crippen molar-refractivity contribution in [1.29, 1.82) is 0 Å². The molecule has 0 fully saturated rings. The Morgan fingerprint density at radius 3 is 2.34 bits per heavy atom. The maximum Gasteiger partial charge on any atom is 0.327 e. The van der Waals surface area contributed by atoms with E-state index in [2.05, 4.69) is 0 Å². The van der Waals surface area contributed by atoms with Crippen LogP contribution in [0.5, 0.6) is 0 Å². The normalized spacial score (nSPS) is 11.4. The first-order valence-electron chi connectivity index (χ1n) is 8.04. The van der Waals surface area contributed by atoms with Crippen LogP contribution < -0.4 is 4.31 Å². The predicted molar refractivity (Wildman–Crippen MR) is 110 cm³/mol. The highest BCUT2D eigenvalue weighted by Crippen LogP contribution is 2.37. The summed E-state index contributed by atoms with van der Waals surface area (Å²) in [5.74, 6) is -0.851. The second-order valence-corrected chi connectivity index (χ2v) is 9.11. The number of carbonyl (C=O) groups is 1. The van der Waals surface area contributed by atoms with Crippen LogP contribution in [0.1, 0.15) is 13.8 Å². The molecule has 0 aliphatic heterocycles. The van der Waals surface area contributed by atoms with Gasteiger partial charge >= 0.3 is 5.97 Å². The van der Waals surface area contributed by atoms with E-state index in [-0.39, 0.29) is 20.8 Å². The summed E-state index contributed by atoms with van der Waals surface area (Å²) in [5.41, 5.74) is -0.565. The highest BCUT2D eigenvalue weighted by Gasteiger charge is 2.31. The number of halogens is 3. The lowest BCUT2D eigenvalue weighted by atomic mass is 10.3. The number of hydrogen-bond donors (Lipinski definition) is 0. The van der Waals surface area contributed by atoms with Crippen molar-refractivity contribution in [2.24, 2.45) is 0 Å². The van der Waals surface area contributed by atoms with E-state index < -0.39 is 44.1 Å². The van der Waals surface area contributed by atoms with E-state index in [1.807, 2.05) is 0 Å². The number of benzene rings is 2. The summed E-state index contributed by atoms with van der Waals surface area (Å²) in [6.45, 7) is 2.47. The van der Waals surface area contributed by atoms with Gasteiger partial charge in [-0.3, -0.25) is 19.2 Å². The fraction of sp³-hybridized carbons (Fsp3) is 0.235. The Bertz CT molecular complexity index is 1060. The van der Waals surface area contributed by atoms with Gasteiger partial charge in [0.2, 0.25) is 0 Å². The number of sulfonamides is 1. The molecule has 0 aliphatic rings. The molecule has 0 aromatic heterocycles. The van der Waals surface area contributed by atoms with Crippen molar-refractivity contribution in [2.75, 3.05) is 10.8 Å². The van der Waals surface area contributed by atoms with Crippen LogP contribution in [-0.2, 0) is 19.6 Å². The maximum absolute atomic E-state index is 13.2. The number of nitro groups is 1. The molecule has 0 atom stereocenters. The molecule has 0 N–H and O–H groups in total. The Hall–Kier alpha value is -2.07. The monoisotopic (exact) mass is 480 g/mol. The van der Waals surface area contributed by atoms with Gasteiger partial charge in [-0.05, 0) is 32.0 Å². The van der Waals surface area contributed by atoms with Gasteiger partial charge in [-0.25, -0.2) is 8.42 Å². The van der Waals surface area contributed by atoms with E-state index in [1.165, 1.54) is 18.2 Å². The first kappa shape index (κ1) is 23.2. The number of hydrogen-bond acceptors (Lipinski definition) is 6. The van der Waals surface area contributed by atoms with Gasteiger partial charge in [0, 0.05) is 12.1 Å². The Kier molecular flexibility index (Phi) is 7.34. The van der Waals surface area contributed by atoms with Crippen LogP contribution >= 0.6 is 34.8 Å². The largest absolute Gasteiger partial charge is 0.462 e. The Morgan fingerprint density at radius 1 is 1.14 bits per heavy atom. The van der Waals surface area contributed by atoms with Gasteiger partial charge in [0.15, 0.2) is 0 Å². The number of esters is 1. The zero-order valence-corrected chi connectivity index (χ0v) is 18.2. The van der Waals surface area contributed by atoms with E-state index in [0.29, 0.717) is 4.31 Å². The number of nitro benzene ring substituents is 1. The van der Waals surface area contributed by atoms with Crippen LogP contribution in [0.15, 0.2) is 41.3 Å². The molecule has 0 heterocycles. The molecular formula is C17H15Cl3N2O6S. The Morgan fingerprint density at radius 2 is 1.76 bits per heavy atom. The van der Waals surface area contributed by atoms with Crippen molar-refractivity contribution >= 4 is 62.2 Å². The standard InChI is InChI=1S/C17H15Cl3N2O6S/c1-10(2)28-17(23)9-21(16-8-14(19)13(18)7-15(16)20)29(26,27)12-5-3-4-11(6-12)22(24)25/h3-8,10H,9H2,1-2H3. The number of ether oxygens (including phenoxy) is 1. The second-order valence-electron chi connectivity index (χ2n) is 6.02. The quantitative estimate of drug-likeness (QED) is 0.245. The Labute approximate surface area is 182 Å². The van der Waals surface area contributed by atoms with Crippen LogP contribution in [-0.4, -0.2) is 32.0 Å². The predicted octanol–water partition coefficient (Wildman–Crippen LogP) is 4.70. The smallest absolute Gasteiger partial charge is 0.327 e. The van der Waals surface area contributed by atoms with Gasteiger partial charge in [0.1, 0.15) is 6.54 Å². The van der Waals surface area contributed by atoms with Crippen molar-refractivity contribution in [3.05, 3.63) is 61.6 Å². The van der Waals surface area contributed by atoms with Crippen LogP contribution in [0.3, 0.4) is 0 Å². The molecule has 8 nitrogen and oxygen atoms in total. The highest BCUT2D eigenvalue weighted by atomic mass is 35.5. The van der Waals surface area contributed by atoms with Gasteiger partial charge < -0.3 is 4.74 Å². The first-order chi connectivity index (χ1) is 13.4. The van der Waals surface area contributed by atoms with E-state index >= 15 is 0 Å². The molecular weight excluding hydrogens is 467 g/mol. The summed E-state index contributed by atoms with van der Waals surface area (Å²) >= 11 is 18.0. The molecule has 0 unspecified atom stereocenters. The molecule has 2 aromatic rings. The average molecular weight is 482 g/mol. The zero-order chi connectivity index (χ0) is 21.9. The fourth-order valence-electron chi connectivity index (χ4n) is 2.31. The van der Waals surface area contributed by atoms with Gasteiger partial charge in [0.25, 0.3) is 15.7 Å². The van der Waals surface area contributed by atoms with Gasteiger partial charge in [-0.2, -0.15) is 0 Å². The third kappa shape index (κ3) is 5.51. The number of anilines is 1. The van der Waals surface area contributed by atoms with Crippen molar-refractivity contribution in [3.8, 4) is 0 Å². The van der Waals surface area contributed by atoms with Crippen molar-refractivity contribution < 1.29 is 22.9 Å². The number of rotatable bonds is 7. The molecule has 0 bridgehead atoms. The SMILES string of the molecule is CC(C)OC(=O)CN(c1cc(Cl)c(Cl)cc1Cl)S(=O)(=O)c1cccc([N+](=O)[O-])c1. The summed E-state index contributed by atoms with van der Waals surface area (Å²) < 4.78 is 32.2. The van der Waals surface area contributed by atoms with Gasteiger partial charge in [-0.1, -0.05) is 40.9 Å². The molecule has 156 valence electrons. The second kappa shape index (κ2) is 9.17. The molecule has 0 saturated heterocycles. The van der Waals surface area contributed by atoms with Crippen LogP contribution in [0, 0.1) is 10.1 Å². The number of non-ortho nitro benzene ring substituents is 1. The van der Waals surface area contributed by atoms with Crippen LogP contribution in [0.2, 0.25) is 15.1 Å². The summed E-state index contributed by atoms with van der Waals surface area (Å²) in [6.07, 6.45) is -0.492. The average Bonchev–Trinajstić information content (AvgIpc) is 2.62. The molecule has 0 aliphatic carbocycles. The van der Waals surface area contributed by atoms with E-state index in [0.717, 1.165) is 18.2 Å². The van der Waals surface area contributed by atoms with E-state index in [4.69, 9.17) is 39.5 Å². The molecule has 29 heavy (non-hydrogen) atoms. The Balaban J connectivity index is 2.63. The third-order valence-corrected chi connectivity index (χ3v) is 6.30. The van der Waals surface area contributed by atoms with Gasteiger partial charge in [-0.15, -0.1) is 0 Å². The first-order valence-corrected chi connectivity index (χ1v) is 10.6. The lowest BCUT2D eigenvalue weighted by Gasteiger charge is -2.25. The van der Waals surface area contributed by atoms with Crippen molar-refractivity contribution in [1.82, 2.24) is 0 Å². The highest BCUT2D eigenvalue weighted by molar-refractivity contribution is 7.92. The van der Waals surface area contributed by atoms with Gasteiger partial charge in [0.05, 0.1) is 36.7 Å². The summed E-state index contributed by atoms with van der Waals surface area (Å²) in [5, 5.41) is 11.0. The number of nitrogens with zero attached hydrogens (tertiary/aromatic N) is 2. The molecule has 0 spiro atoms. The minimum Gasteiger partial charge on any atom is -0.462 e. The van der Waals surface area contributed by atoms with Crippen LogP contribution in [0.4, 0.5) is 11.4 Å². The lowest BCUT2D eigenvalue weighted by molar-refractivity contribution is -0.385. The summed E-state index contributed by atoms with van der Waals surface area (Å²) in [6, 6.07) is 6.80. The molecule has 0 amide bonds. The van der Waals surface area contributed by atoms with E-state index in [1.54, 1.807) is 13.8 Å². The minimum absolute atomic E-state index is 0.00235. The van der Waals surface area contributed by atoms with Crippen LogP contribution in [0.25, 0.3) is 0 Å². The molecule has 12 heteroatoms. The third-order valence-electron chi connectivity index (χ3n) is 3.51. The molecule has 0 saturated carbocycles. The summed E-state index contributed by atoms with van der Waals surface area (Å²) in [7, 11) is -4.45. The zero-order valence-electron chi connectivity index (χ0n) is 15.1. The molecule has 2 rings (SSSR count). The van der Waals surface area contributed by atoms with Crippen molar-refractivity contribution in [3.63, 3.8) is 0 Å². The summed E-state index contributed by atoms with van der Waals surface area (Å²) in [4.78, 5) is 22.1. The maximum atomic E-state index is 13.2. The molecule has 2 aromatic carbocycles. The topological polar surface area (TPSA) is 107 Å².